The Morgan fingerprint density at radius 1 is 1.24 bits per heavy atom. The van der Waals surface area contributed by atoms with Gasteiger partial charge in [-0.2, -0.15) is 10.4 Å². The highest BCUT2D eigenvalue weighted by Crippen LogP contribution is 2.27. The number of nitrogens with zero attached hydrogens (tertiary/aromatic N) is 7. The Morgan fingerprint density at radius 3 is 2.59 bits per heavy atom. The molecule has 0 aromatic carbocycles. The molecule has 0 bridgehead atoms. The van der Waals surface area contributed by atoms with Crippen molar-refractivity contribution in [3.05, 3.63) is 16.8 Å². The summed E-state index contributed by atoms with van der Waals surface area (Å²) in [7, 11) is 1.73. The second kappa shape index (κ2) is 4.47. The van der Waals surface area contributed by atoms with Crippen molar-refractivity contribution in [1.29, 1.82) is 5.26 Å². The normalized spacial score (nSPS) is 10.2. The van der Waals surface area contributed by atoms with Gasteiger partial charge in [0.2, 0.25) is 5.16 Å². The van der Waals surface area contributed by atoms with E-state index < -0.39 is 0 Å². The summed E-state index contributed by atoms with van der Waals surface area (Å²) in [5.41, 5.74) is 2.10. The van der Waals surface area contributed by atoms with Crippen LogP contribution in [0.1, 0.15) is 16.8 Å². The van der Waals surface area contributed by atoms with E-state index in [0.717, 1.165) is 11.3 Å². The van der Waals surface area contributed by atoms with Crippen molar-refractivity contribution in [2.45, 2.75) is 24.0 Å². The van der Waals surface area contributed by atoms with E-state index in [9.17, 15) is 0 Å². The number of rotatable bonds is 2. The molecule has 0 N–H and O–H groups in total. The van der Waals surface area contributed by atoms with Crippen molar-refractivity contribution >= 4 is 11.8 Å². The highest BCUT2D eigenvalue weighted by Gasteiger charge is 2.14. The van der Waals surface area contributed by atoms with E-state index in [1.807, 2.05) is 13.8 Å². The Kier molecular flexibility index (Phi) is 3.01. The highest BCUT2D eigenvalue weighted by atomic mass is 32.2. The van der Waals surface area contributed by atoms with Crippen molar-refractivity contribution in [2.75, 3.05) is 0 Å². The zero-order valence-electron chi connectivity index (χ0n) is 9.54. The molecule has 7 nitrogen and oxygen atoms in total. The van der Waals surface area contributed by atoms with Crippen LogP contribution in [0.4, 0.5) is 0 Å². The summed E-state index contributed by atoms with van der Waals surface area (Å²) < 4.78 is 1.52. The van der Waals surface area contributed by atoms with Gasteiger partial charge in [-0.3, -0.25) is 0 Å². The molecule has 0 saturated carbocycles. The van der Waals surface area contributed by atoms with Crippen LogP contribution in [0.15, 0.2) is 10.2 Å². The zero-order chi connectivity index (χ0) is 12.4. The fourth-order valence-electron chi connectivity index (χ4n) is 1.18. The Bertz CT molecular complexity index is 598. The average molecular weight is 247 g/mol. The molecule has 0 aliphatic carbocycles. The lowest BCUT2D eigenvalue weighted by molar-refractivity contribution is 0.663. The van der Waals surface area contributed by atoms with Crippen LogP contribution in [-0.2, 0) is 7.05 Å². The van der Waals surface area contributed by atoms with Crippen LogP contribution in [0.3, 0.4) is 0 Å². The van der Waals surface area contributed by atoms with Gasteiger partial charge in [-0.25, -0.2) is 4.68 Å². The minimum atomic E-state index is 0.519. The third-order valence-electron chi connectivity index (χ3n) is 2.30. The maximum Gasteiger partial charge on any atom is 0.215 e. The van der Waals surface area contributed by atoms with Crippen LogP contribution in [0.25, 0.3) is 0 Å². The second-order valence-corrected chi connectivity index (χ2v) is 4.35. The summed E-state index contributed by atoms with van der Waals surface area (Å²) in [6, 6.07) is 2.14. The Balaban J connectivity index is 2.44. The largest absolute Gasteiger partial charge is 0.223 e. The third kappa shape index (κ3) is 2.09. The SMILES string of the molecule is Cc1nnc(Sc2nnnn2C)c(C#N)c1C. The number of hydrogen-bond donors (Lipinski definition) is 0. The molecule has 0 saturated heterocycles. The number of aromatic nitrogens is 6. The average Bonchev–Trinajstić information content (AvgIpc) is 2.70. The van der Waals surface area contributed by atoms with E-state index in [-0.39, 0.29) is 0 Å². The van der Waals surface area contributed by atoms with Gasteiger partial charge < -0.3 is 0 Å². The van der Waals surface area contributed by atoms with Crippen LogP contribution in [0.2, 0.25) is 0 Å². The molecule has 0 aliphatic heterocycles. The maximum atomic E-state index is 9.13. The van der Waals surface area contributed by atoms with Crippen LogP contribution >= 0.6 is 11.8 Å². The molecule has 86 valence electrons. The summed E-state index contributed by atoms with van der Waals surface area (Å²) in [6.45, 7) is 3.67. The first-order chi connectivity index (χ1) is 8.13. The molecular weight excluding hydrogens is 238 g/mol. The maximum absolute atomic E-state index is 9.13. The first kappa shape index (κ1) is 11.5. The van der Waals surface area contributed by atoms with Gasteiger partial charge in [-0.05, 0) is 41.6 Å². The molecule has 17 heavy (non-hydrogen) atoms. The molecule has 0 atom stereocenters. The number of aryl methyl sites for hydroxylation is 2. The van der Waals surface area contributed by atoms with Crippen molar-refractivity contribution < 1.29 is 0 Å². The molecule has 2 heterocycles. The number of tetrazole rings is 1. The Hall–Kier alpha value is -2.01. The van der Waals surface area contributed by atoms with Crippen molar-refractivity contribution in [1.82, 2.24) is 30.4 Å². The first-order valence-corrected chi connectivity index (χ1v) is 5.59. The van der Waals surface area contributed by atoms with E-state index in [1.165, 1.54) is 16.4 Å². The fraction of sp³-hybridized carbons (Fsp3) is 0.333. The Labute approximate surface area is 102 Å². The minimum absolute atomic E-state index is 0.519. The fourth-order valence-corrected chi connectivity index (χ4v) is 1.99. The smallest absolute Gasteiger partial charge is 0.215 e. The third-order valence-corrected chi connectivity index (χ3v) is 3.31. The predicted octanol–water partition coefficient (Wildman–Crippen LogP) is 0.640. The molecule has 8 heteroatoms. The van der Waals surface area contributed by atoms with Crippen LogP contribution in [0, 0.1) is 25.2 Å². The monoisotopic (exact) mass is 247 g/mol. The van der Waals surface area contributed by atoms with Gasteiger partial charge in [0.1, 0.15) is 11.1 Å². The van der Waals surface area contributed by atoms with Crippen molar-refractivity contribution in [3.63, 3.8) is 0 Å². The lowest BCUT2D eigenvalue weighted by Gasteiger charge is -2.04. The van der Waals surface area contributed by atoms with Crippen molar-refractivity contribution in [3.8, 4) is 6.07 Å². The topological polar surface area (TPSA) is 93.2 Å². The Morgan fingerprint density at radius 2 is 2.00 bits per heavy atom. The molecule has 2 rings (SSSR count). The standard InChI is InChI=1S/C9H9N7S/c1-5-6(2)11-12-8(7(5)4-10)17-9-13-14-15-16(9)3/h1-3H3. The lowest BCUT2D eigenvalue weighted by Crippen LogP contribution is -2.00. The summed E-state index contributed by atoms with van der Waals surface area (Å²) >= 11 is 1.23. The van der Waals surface area contributed by atoms with Gasteiger partial charge in [-0.15, -0.1) is 10.2 Å². The van der Waals surface area contributed by atoms with E-state index in [2.05, 4.69) is 31.8 Å². The van der Waals surface area contributed by atoms with Gasteiger partial charge in [-0.1, -0.05) is 0 Å². The van der Waals surface area contributed by atoms with Crippen LogP contribution in [-0.4, -0.2) is 30.4 Å². The van der Waals surface area contributed by atoms with Gasteiger partial charge in [0.15, 0.2) is 0 Å². The molecule has 0 unspecified atom stereocenters. The van der Waals surface area contributed by atoms with E-state index in [1.54, 1.807) is 7.05 Å². The molecule has 0 radical (unpaired) electrons. The minimum Gasteiger partial charge on any atom is -0.223 e. The van der Waals surface area contributed by atoms with Gasteiger partial charge in [0, 0.05) is 7.05 Å². The molecule has 2 aromatic rings. The first-order valence-electron chi connectivity index (χ1n) is 4.77. The van der Waals surface area contributed by atoms with E-state index >= 15 is 0 Å². The van der Waals surface area contributed by atoms with Gasteiger partial charge >= 0.3 is 0 Å². The highest BCUT2D eigenvalue weighted by molar-refractivity contribution is 7.99. The quantitative estimate of drug-likeness (QED) is 0.768. The zero-order valence-corrected chi connectivity index (χ0v) is 10.4. The molecule has 0 spiro atoms. The lowest BCUT2D eigenvalue weighted by atomic mass is 10.1. The number of nitriles is 1. The van der Waals surface area contributed by atoms with Crippen molar-refractivity contribution in [2.24, 2.45) is 7.05 Å². The predicted molar refractivity (Wildman–Crippen MR) is 59.1 cm³/mol. The molecule has 0 aliphatic rings. The summed E-state index contributed by atoms with van der Waals surface area (Å²) in [4.78, 5) is 0. The summed E-state index contributed by atoms with van der Waals surface area (Å²) in [5.74, 6) is 0. The van der Waals surface area contributed by atoms with Crippen LogP contribution in [0.5, 0.6) is 0 Å². The molecule has 0 fully saturated rings. The van der Waals surface area contributed by atoms with Gasteiger partial charge in [0.05, 0.1) is 11.3 Å². The van der Waals surface area contributed by atoms with E-state index in [4.69, 9.17) is 5.26 Å². The second-order valence-electron chi connectivity index (χ2n) is 3.39. The number of hydrogen-bond acceptors (Lipinski definition) is 7. The summed E-state index contributed by atoms with van der Waals surface area (Å²) in [6.07, 6.45) is 0. The van der Waals surface area contributed by atoms with E-state index in [0.29, 0.717) is 15.7 Å². The molecule has 2 aromatic heterocycles. The molecular formula is C9H9N7S. The molecule has 0 amide bonds. The summed E-state index contributed by atoms with van der Waals surface area (Å²) in [5, 5.41) is 29.3. The van der Waals surface area contributed by atoms with Gasteiger partial charge in [0.25, 0.3) is 0 Å². The van der Waals surface area contributed by atoms with Crippen LogP contribution < -0.4 is 0 Å².